The van der Waals surface area contributed by atoms with Crippen LogP contribution in [0, 0.1) is 5.92 Å². The number of thiophene rings is 1. The van der Waals surface area contributed by atoms with E-state index in [-0.39, 0.29) is 0 Å². The zero-order valence-electron chi connectivity index (χ0n) is 16.3. The molecule has 2 aromatic carbocycles. The van der Waals surface area contributed by atoms with Gasteiger partial charge in [0.15, 0.2) is 0 Å². The van der Waals surface area contributed by atoms with Gasteiger partial charge in [-0.05, 0) is 66.7 Å². The van der Waals surface area contributed by atoms with Crippen LogP contribution in [0.1, 0.15) is 41.8 Å². The minimum absolute atomic E-state index is 0.362. The van der Waals surface area contributed by atoms with Crippen molar-refractivity contribution in [3.63, 3.8) is 0 Å². The van der Waals surface area contributed by atoms with Crippen molar-refractivity contribution in [2.24, 2.45) is 5.92 Å². The summed E-state index contributed by atoms with van der Waals surface area (Å²) >= 11 is 1.92. The number of benzene rings is 2. The van der Waals surface area contributed by atoms with Gasteiger partial charge in [0.05, 0.1) is 0 Å². The average Bonchev–Trinajstić information content (AvgIpc) is 3.23. The number of para-hydroxylation sites is 1. The third-order valence-corrected chi connectivity index (χ3v) is 7.83. The Labute approximate surface area is 170 Å². The van der Waals surface area contributed by atoms with E-state index in [0.29, 0.717) is 5.92 Å². The summed E-state index contributed by atoms with van der Waals surface area (Å²) in [4.78, 5) is 1.41. The molecule has 1 atom stereocenters. The van der Waals surface area contributed by atoms with Crippen molar-refractivity contribution < 1.29 is 0 Å². The van der Waals surface area contributed by atoms with Crippen LogP contribution in [0.3, 0.4) is 0 Å². The van der Waals surface area contributed by atoms with Crippen LogP contribution in [0.4, 0.5) is 5.69 Å². The fourth-order valence-corrected chi connectivity index (χ4v) is 6.43. The molecule has 0 radical (unpaired) electrons. The minimum atomic E-state index is 0.362. The van der Waals surface area contributed by atoms with Gasteiger partial charge >= 0.3 is 0 Å². The van der Waals surface area contributed by atoms with Crippen LogP contribution in [0.15, 0.2) is 59.7 Å². The summed E-state index contributed by atoms with van der Waals surface area (Å²) < 4.78 is 1.39. The van der Waals surface area contributed by atoms with Crippen molar-refractivity contribution in [3.05, 3.63) is 81.3 Å². The first kappa shape index (κ1) is 16.4. The van der Waals surface area contributed by atoms with Crippen LogP contribution in [-0.2, 0) is 6.42 Å². The number of anilines is 1. The molecule has 2 heteroatoms. The normalized spacial score (nSPS) is 20.3. The average molecular weight is 382 g/mol. The first-order valence-electron chi connectivity index (χ1n) is 10.2. The molecular weight excluding hydrogens is 358 g/mol. The number of hydrogen-bond acceptors (Lipinski definition) is 2. The van der Waals surface area contributed by atoms with E-state index in [4.69, 9.17) is 0 Å². The molecule has 1 nitrogen and oxygen atoms in total. The molecule has 0 bridgehead atoms. The van der Waals surface area contributed by atoms with E-state index in [1.54, 1.807) is 0 Å². The van der Waals surface area contributed by atoms with Gasteiger partial charge in [-0.1, -0.05) is 42.5 Å². The van der Waals surface area contributed by atoms with Gasteiger partial charge in [-0.2, -0.15) is 0 Å². The lowest BCUT2D eigenvalue weighted by Crippen LogP contribution is -2.15. The van der Waals surface area contributed by atoms with Gasteiger partial charge in [0.1, 0.15) is 0 Å². The topological polar surface area (TPSA) is 12.0 Å². The summed E-state index contributed by atoms with van der Waals surface area (Å²) in [6.07, 6.45) is 7.21. The zero-order chi connectivity index (χ0) is 18.8. The molecule has 0 saturated heterocycles. The molecule has 0 saturated carbocycles. The van der Waals surface area contributed by atoms with Crippen LogP contribution in [0.2, 0.25) is 0 Å². The Bertz CT molecular complexity index is 1230. The van der Waals surface area contributed by atoms with Gasteiger partial charge in [0, 0.05) is 44.2 Å². The third kappa shape index (κ3) is 2.13. The fraction of sp³-hybridized carbons (Fsp3) is 0.231. The molecule has 0 spiro atoms. The summed E-state index contributed by atoms with van der Waals surface area (Å²) in [5.41, 5.74) is 11.6. The number of rotatable bonds is 1. The maximum Gasteiger partial charge on any atom is 0.0449 e. The Morgan fingerprint density at radius 1 is 0.964 bits per heavy atom. The summed E-state index contributed by atoms with van der Waals surface area (Å²) in [6, 6.07) is 15.7. The number of hydrogen-bond donors (Lipinski definition) is 1. The van der Waals surface area contributed by atoms with E-state index in [1.807, 2.05) is 11.3 Å². The van der Waals surface area contributed by atoms with Crippen LogP contribution in [0.25, 0.3) is 27.3 Å². The SMILES string of the molecule is CC1=C(c2cccc3c2NCCC3)C2C=Cc3sc4ccccc4c3C2=C1C. The Morgan fingerprint density at radius 3 is 2.75 bits per heavy atom. The zero-order valence-corrected chi connectivity index (χ0v) is 17.1. The quantitative estimate of drug-likeness (QED) is 0.471. The molecule has 1 unspecified atom stereocenters. The van der Waals surface area contributed by atoms with Crippen molar-refractivity contribution in [1.29, 1.82) is 0 Å². The second-order valence-electron chi connectivity index (χ2n) is 8.12. The monoisotopic (exact) mass is 381 g/mol. The molecule has 3 aliphatic rings. The second kappa shape index (κ2) is 5.96. The molecule has 1 N–H and O–H groups in total. The van der Waals surface area contributed by atoms with Crippen LogP contribution < -0.4 is 5.32 Å². The number of aryl methyl sites for hydroxylation is 1. The summed E-state index contributed by atoms with van der Waals surface area (Å²) in [7, 11) is 0. The Balaban J connectivity index is 1.57. The highest BCUT2D eigenvalue weighted by Gasteiger charge is 2.35. The summed E-state index contributed by atoms with van der Waals surface area (Å²) in [5, 5.41) is 5.12. The largest absolute Gasteiger partial charge is 0.384 e. The van der Waals surface area contributed by atoms with E-state index in [2.05, 4.69) is 73.8 Å². The maximum absolute atomic E-state index is 3.71. The van der Waals surface area contributed by atoms with E-state index in [1.165, 1.54) is 72.5 Å². The minimum Gasteiger partial charge on any atom is -0.384 e. The fourth-order valence-electron chi connectivity index (χ4n) is 5.30. The van der Waals surface area contributed by atoms with E-state index >= 15 is 0 Å². The molecule has 1 aliphatic heterocycles. The van der Waals surface area contributed by atoms with E-state index in [0.717, 1.165) is 6.54 Å². The van der Waals surface area contributed by atoms with E-state index < -0.39 is 0 Å². The number of fused-ring (bicyclic) bond motifs is 6. The van der Waals surface area contributed by atoms with Crippen LogP contribution >= 0.6 is 11.3 Å². The van der Waals surface area contributed by atoms with Crippen molar-refractivity contribution >= 4 is 44.3 Å². The Hall–Kier alpha value is -2.58. The molecule has 138 valence electrons. The predicted octanol–water partition coefficient (Wildman–Crippen LogP) is 7.16. The Kier molecular flexibility index (Phi) is 3.48. The molecule has 0 fully saturated rings. The lowest BCUT2D eigenvalue weighted by Gasteiger charge is -2.26. The number of allylic oxidation sites excluding steroid dienone is 5. The highest BCUT2D eigenvalue weighted by molar-refractivity contribution is 7.20. The van der Waals surface area contributed by atoms with Gasteiger partial charge in [0.2, 0.25) is 0 Å². The van der Waals surface area contributed by atoms with Gasteiger partial charge in [0.25, 0.3) is 0 Å². The van der Waals surface area contributed by atoms with Gasteiger partial charge in [-0.3, -0.25) is 0 Å². The molecule has 2 heterocycles. The highest BCUT2D eigenvalue weighted by atomic mass is 32.1. The van der Waals surface area contributed by atoms with Gasteiger partial charge in [-0.15, -0.1) is 11.3 Å². The number of nitrogens with one attached hydrogen (secondary N) is 1. The van der Waals surface area contributed by atoms with Gasteiger partial charge < -0.3 is 5.32 Å². The molecule has 1 aromatic heterocycles. The third-order valence-electron chi connectivity index (χ3n) is 6.69. The van der Waals surface area contributed by atoms with Gasteiger partial charge in [-0.25, -0.2) is 0 Å². The predicted molar refractivity (Wildman–Crippen MR) is 123 cm³/mol. The highest BCUT2D eigenvalue weighted by Crippen LogP contribution is 2.55. The smallest absolute Gasteiger partial charge is 0.0449 e. The molecule has 2 aliphatic carbocycles. The summed E-state index contributed by atoms with van der Waals surface area (Å²) in [5.74, 6) is 0.362. The maximum atomic E-state index is 3.71. The second-order valence-corrected chi connectivity index (χ2v) is 9.21. The Morgan fingerprint density at radius 2 is 1.82 bits per heavy atom. The molecule has 6 rings (SSSR count). The molecule has 28 heavy (non-hydrogen) atoms. The molecular formula is C26H23NS. The van der Waals surface area contributed by atoms with Crippen LogP contribution in [0.5, 0.6) is 0 Å². The van der Waals surface area contributed by atoms with Crippen molar-refractivity contribution in [1.82, 2.24) is 0 Å². The standard InChI is InChI=1S/C26H23NS/c1-15-16(2)24-19(12-13-22-25(24)18-9-3-4-11-21(18)28-22)23(15)20-10-5-7-17-8-6-14-27-26(17)20/h3-5,7,9-13,19,27H,6,8,14H2,1-2H3. The van der Waals surface area contributed by atoms with Crippen molar-refractivity contribution in [2.45, 2.75) is 26.7 Å². The van der Waals surface area contributed by atoms with E-state index in [9.17, 15) is 0 Å². The molecule has 0 amide bonds. The summed E-state index contributed by atoms with van der Waals surface area (Å²) in [6.45, 7) is 5.72. The van der Waals surface area contributed by atoms with Crippen molar-refractivity contribution in [3.8, 4) is 0 Å². The van der Waals surface area contributed by atoms with Crippen molar-refractivity contribution in [2.75, 3.05) is 11.9 Å². The first-order chi connectivity index (χ1) is 13.7. The lowest BCUT2D eigenvalue weighted by atomic mass is 9.81. The van der Waals surface area contributed by atoms with Crippen LogP contribution in [-0.4, -0.2) is 6.54 Å². The first-order valence-corrected chi connectivity index (χ1v) is 11.0. The lowest BCUT2D eigenvalue weighted by molar-refractivity contribution is 0.828. The molecule has 3 aromatic rings.